The van der Waals surface area contributed by atoms with Crippen LogP contribution in [0.4, 0.5) is 11.6 Å². The summed E-state index contributed by atoms with van der Waals surface area (Å²) in [5, 5.41) is 6.99. The van der Waals surface area contributed by atoms with Gasteiger partial charge in [-0.1, -0.05) is 0 Å². The third-order valence-corrected chi connectivity index (χ3v) is 6.49. The number of piperazine rings is 1. The predicted octanol–water partition coefficient (Wildman–Crippen LogP) is 3.65. The van der Waals surface area contributed by atoms with E-state index in [1.165, 1.54) is 0 Å². The molecule has 1 atom stereocenters. The van der Waals surface area contributed by atoms with Gasteiger partial charge in [-0.05, 0) is 82.7 Å². The highest BCUT2D eigenvalue weighted by Gasteiger charge is 2.22. The smallest absolute Gasteiger partial charge is 0.241 e. The van der Waals surface area contributed by atoms with Crippen LogP contribution in [0.2, 0.25) is 0 Å². The molecule has 2 N–H and O–H groups in total. The number of rotatable bonds is 7. The Morgan fingerprint density at radius 2 is 1.81 bits per heavy atom. The van der Waals surface area contributed by atoms with Crippen LogP contribution in [0.1, 0.15) is 26.7 Å². The number of likely N-dealkylation sites (N-methyl/N-ethyl adjacent to an activating group) is 1. The van der Waals surface area contributed by atoms with E-state index < -0.39 is 0 Å². The van der Waals surface area contributed by atoms with Crippen LogP contribution in [0, 0.1) is 0 Å². The number of hydrogen-bond donors (Lipinski definition) is 2. The molecule has 0 radical (unpaired) electrons. The Morgan fingerprint density at radius 3 is 2.50 bits per heavy atom. The number of anilines is 2. The highest BCUT2D eigenvalue weighted by atomic mass is 16.5. The standard InChI is InChI=1S/C27H34N6O3/c1-18(2)35-26-22-17-21(10-11-23(22)30-27(31-26)33-15-13-32(3)14-16-33)36-20-8-6-19(7-9-20)29-25(34)24-5-4-12-28-24/h6-11,17-18,24,28H,4-5,12-16H2,1-3H3,(H,29,34)/t24-/m0/s1. The number of nitrogens with zero attached hydrogens (tertiary/aromatic N) is 4. The van der Waals surface area contributed by atoms with Gasteiger partial charge in [0.2, 0.25) is 17.7 Å². The van der Waals surface area contributed by atoms with E-state index in [2.05, 4.69) is 27.5 Å². The topological polar surface area (TPSA) is 91.8 Å². The van der Waals surface area contributed by atoms with Crippen LogP contribution in [0.5, 0.6) is 17.4 Å². The second kappa shape index (κ2) is 10.7. The maximum absolute atomic E-state index is 12.3. The van der Waals surface area contributed by atoms with E-state index in [4.69, 9.17) is 19.4 Å². The van der Waals surface area contributed by atoms with Crippen LogP contribution in [-0.2, 0) is 4.79 Å². The van der Waals surface area contributed by atoms with E-state index in [9.17, 15) is 4.79 Å². The van der Waals surface area contributed by atoms with Crippen LogP contribution in [-0.4, -0.2) is 72.7 Å². The Morgan fingerprint density at radius 1 is 1.06 bits per heavy atom. The van der Waals surface area contributed by atoms with Gasteiger partial charge in [0.05, 0.1) is 23.0 Å². The molecular weight excluding hydrogens is 456 g/mol. The van der Waals surface area contributed by atoms with Crippen molar-refractivity contribution in [3.8, 4) is 17.4 Å². The van der Waals surface area contributed by atoms with E-state index in [0.29, 0.717) is 23.3 Å². The summed E-state index contributed by atoms with van der Waals surface area (Å²) in [6, 6.07) is 13.1. The summed E-state index contributed by atoms with van der Waals surface area (Å²) < 4.78 is 12.2. The number of fused-ring (bicyclic) bond motifs is 1. The number of amides is 1. The van der Waals surface area contributed by atoms with E-state index in [1.807, 2.05) is 56.3 Å². The lowest BCUT2D eigenvalue weighted by molar-refractivity contribution is -0.117. The molecular formula is C27H34N6O3. The van der Waals surface area contributed by atoms with E-state index >= 15 is 0 Å². The second-order valence-corrected chi connectivity index (χ2v) is 9.73. The minimum absolute atomic E-state index is 0.00400. The fourth-order valence-corrected chi connectivity index (χ4v) is 4.47. The van der Waals surface area contributed by atoms with Crippen molar-refractivity contribution in [1.29, 1.82) is 0 Å². The molecule has 5 rings (SSSR count). The lowest BCUT2D eigenvalue weighted by Crippen LogP contribution is -2.45. The normalized spacial score (nSPS) is 18.6. The molecule has 1 amide bonds. The van der Waals surface area contributed by atoms with Crippen LogP contribution >= 0.6 is 0 Å². The average molecular weight is 491 g/mol. The van der Waals surface area contributed by atoms with Gasteiger partial charge in [-0.3, -0.25) is 4.79 Å². The molecule has 9 heteroatoms. The zero-order valence-electron chi connectivity index (χ0n) is 21.2. The molecule has 2 fully saturated rings. The first-order valence-electron chi connectivity index (χ1n) is 12.7. The van der Waals surface area contributed by atoms with Gasteiger partial charge >= 0.3 is 0 Å². The molecule has 2 aromatic carbocycles. The van der Waals surface area contributed by atoms with Crippen molar-refractivity contribution in [2.75, 3.05) is 50.0 Å². The summed E-state index contributed by atoms with van der Waals surface area (Å²) in [4.78, 5) is 26.5. The van der Waals surface area contributed by atoms with Crippen molar-refractivity contribution in [1.82, 2.24) is 20.2 Å². The van der Waals surface area contributed by atoms with Crippen LogP contribution in [0.25, 0.3) is 10.9 Å². The number of hydrogen-bond acceptors (Lipinski definition) is 8. The van der Waals surface area contributed by atoms with Crippen LogP contribution in [0.15, 0.2) is 42.5 Å². The van der Waals surface area contributed by atoms with Gasteiger partial charge in [0.1, 0.15) is 11.5 Å². The molecule has 36 heavy (non-hydrogen) atoms. The summed E-state index contributed by atoms with van der Waals surface area (Å²) >= 11 is 0. The minimum Gasteiger partial charge on any atom is -0.474 e. The van der Waals surface area contributed by atoms with Gasteiger partial charge in [-0.2, -0.15) is 4.98 Å². The number of nitrogens with one attached hydrogen (secondary N) is 2. The largest absolute Gasteiger partial charge is 0.474 e. The molecule has 3 aromatic rings. The lowest BCUT2D eigenvalue weighted by Gasteiger charge is -2.32. The first-order valence-corrected chi connectivity index (χ1v) is 12.7. The Kier molecular flexibility index (Phi) is 7.20. The number of benzene rings is 2. The Bertz CT molecular complexity index is 1200. The van der Waals surface area contributed by atoms with Crippen molar-refractivity contribution in [3.05, 3.63) is 42.5 Å². The molecule has 3 heterocycles. The molecule has 190 valence electrons. The first-order chi connectivity index (χ1) is 17.4. The van der Waals surface area contributed by atoms with Gasteiger partial charge in [0.25, 0.3) is 0 Å². The van der Waals surface area contributed by atoms with E-state index in [1.54, 1.807) is 0 Å². The molecule has 2 aliphatic heterocycles. The lowest BCUT2D eigenvalue weighted by atomic mass is 10.2. The summed E-state index contributed by atoms with van der Waals surface area (Å²) in [6.07, 6.45) is 1.89. The summed E-state index contributed by atoms with van der Waals surface area (Å²) in [5.41, 5.74) is 1.57. The fourth-order valence-electron chi connectivity index (χ4n) is 4.47. The number of ether oxygens (including phenoxy) is 2. The molecule has 9 nitrogen and oxygen atoms in total. The summed E-state index contributed by atoms with van der Waals surface area (Å²) in [6.45, 7) is 8.61. The average Bonchev–Trinajstić information content (AvgIpc) is 3.41. The number of aromatic nitrogens is 2. The first kappa shape index (κ1) is 24.3. The van der Waals surface area contributed by atoms with Crippen LogP contribution in [0.3, 0.4) is 0 Å². The fraction of sp³-hybridized carbons (Fsp3) is 0.444. The van der Waals surface area contributed by atoms with Crippen molar-refractivity contribution in [2.24, 2.45) is 0 Å². The van der Waals surface area contributed by atoms with Crippen molar-refractivity contribution >= 4 is 28.4 Å². The number of carbonyl (C=O) groups is 1. The van der Waals surface area contributed by atoms with Gasteiger partial charge in [-0.15, -0.1) is 0 Å². The SMILES string of the molecule is CC(C)Oc1nc(N2CCN(C)CC2)nc2ccc(Oc3ccc(NC(=O)[C@@H]4CCCN4)cc3)cc12. The molecule has 0 bridgehead atoms. The zero-order chi connectivity index (χ0) is 25.1. The maximum atomic E-state index is 12.3. The summed E-state index contributed by atoms with van der Waals surface area (Å²) in [5.74, 6) is 2.61. The second-order valence-electron chi connectivity index (χ2n) is 9.73. The molecule has 1 aromatic heterocycles. The van der Waals surface area contributed by atoms with Gasteiger partial charge in [-0.25, -0.2) is 4.98 Å². The third-order valence-electron chi connectivity index (χ3n) is 6.49. The minimum atomic E-state index is -0.111. The molecule has 0 aliphatic carbocycles. The Labute approximate surface area is 211 Å². The molecule has 0 spiro atoms. The highest BCUT2D eigenvalue weighted by molar-refractivity contribution is 5.95. The van der Waals surface area contributed by atoms with Crippen molar-refractivity contribution in [3.63, 3.8) is 0 Å². The monoisotopic (exact) mass is 490 g/mol. The summed E-state index contributed by atoms with van der Waals surface area (Å²) in [7, 11) is 2.13. The molecule has 2 aliphatic rings. The van der Waals surface area contributed by atoms with E-state index in [0.717, 1.165) is 62.2 Å². The number of carbonyl (C=O) groups excluding carboxylic acids is 1. The van der Waals surface area contributed by atoms with Crippen molar-refractivity contribution < 1.29 is 14.3 Å². The molecule has 0 saturated carbocycles. The molecule has 2 saturated heterocycles. The zero-order valence-corrected chi connectivity index (χ0v) is 21.2. The molecule has 0 unspecified atom stereocenters. The third kappa shape index (κ3) is 5.68. The maximum Gasteiger partial charge on any atom is 0.241 e. The van der Waals surface area contributed by atoms with Gasteiger partial charge < -0.3 is 29.9 Å². The van der Waals surface area contributed by atoms with Gasteiger partial charge in [0.15, 0.2) is 0 Å². The Hall–Kier alpha value is -3.43. The van der Waals surface area contributed by atoms with Crippen molar-refractivity contribution in [2.45, 2.75) is 38.8 Å². The van der Waals surface area contributed by atoms with E-state index in [-0.39, 0.29) is 18.1 Å². The Balaban J connectivity index is 1.33. The quantitative estimate of drug-likeness (QED) is 0.519. The van der Waals surface area contributed by atoms with Crippen LogP contribution < -0.4 is 25.0 Å². The van der Waals surface area contributed by atoms with Gasteiger partial charge in [0, 0.05) is 31.9 Å². The highest BCUT2D eigenvalue weighted by Crippen LogP contribution is 2.32. The predicted molar refractivity (Wildman–Crippen MR) is 141 cm³/mol.